The number of nitrogens with zero attached hydrogens (tertiary/aromatic N) is 2. The molecule has 0 radical (unpaired) electrons. The van der Waals surface area contributed by atoms with E-state index in [2.05, 4.69) is 23.6 Å². The number of piperidine rings is 1. The van der Waals surface area contributed by atoms with Crippen molar-refractivity contribution in [2.75, 3.05) is 33.4 Å². The van der Waals surface area contributed by atoms with Crippen LogP contribution in [-0.4, -0.2) is 67.4 Å². The molecule has 2 aliphatic heterocycles. The smallest absolute Gasteiger partial charge is 0.128 e. The number of ether oxygens (including phenoxy) is 1. The Bertz CT molecular complexity index is 233. The molecule has 16 heavy (non-hydrogen) atoms. The highest BCUT2D eigenvalue weighted by Crippen LogP contribution is 2.23. The lowest BCUT2D eigenvalue weighted by Crippen LogP contribution is -2.59. The van der Waals surface area contributed by atoms with Crippen molar-refractivity contribution in [3.63, 3.8) is 0 Å². The largest absolute Gasteiger partial charge is 0.378 e. The lowest BCUT2D eigenvalue weighted by Gasteiger charge is -2.45. The summed E-state index contributed by atoms with van der Waals surface area (Å²) in [4.78, 5) is 4.41. The van der Waals surface area contributed by atoms with E-state index in [0.717, 1.165) is 26.2 Å². The van der Waals surface area contributed by atoms with E-state index in [1.165, 1.54) is 0 Å². The molecular weight excluding hydrogens is 207 g/mol. The third-order valence-corrected chi connectivity index (χ3v) is 3.99. The van der Waals surface area contributed by atoms with Crippen LogP contribution in [0.5, 0.6) is 0 Å². The van der Waals surface area contributed by atoms with Gasteiger partial charge in [-0.05, 0) is 27.3 Å². The van der Waals surface area contributed by atoms with Crippen molar-refractivity contribution in [1.82, 2.24) is 9.80 Å². The van der Waals surface area contributed by atoms with Gasteiger partial charge in [0.25, 0.3) is 0 Å². The Labute approximate surface area is 97.5 Å². The molecule has 0 bridgehead atoms. The van der Waals surface area contributed by atoms with Gasteiger partial charge in [0.2, 0.25) is 0 Å². The van der Waals surface area contributed by atoms with Crippen LogP contribution in [0.1, 0.15) is 20.3 Å². The first-order valence-electron chi connectivity index (χ1n) is 6.27. The molecule has 0 aromatic carbocycles. The first-order chi connectivity index (χ1) is 7.59. The molecule has 4 heteroatoms. The number of hydrogen-bond donors (Lipinski definition) is 0. The van der Waals surface area contributed by atoms with Gasteiger partial charge in [-0.15, -0.1) is 0 Å². The minimum Gasteiger partial charge on any atom is -0.378 e. The molecule has 2 rings (SSSR count). The van der Waals surface area contributed by atoms with Crippen molar-refractivity contribution in [2.45, 2.75) is 44.6 Å². The van der Waals surface area contributed by atoms with Crippen molar-refractivity contribution < 1.29 is 9.13 Å². The van der Waals surface area contributed by atoms with E-state index >= 15 is 0 Å². The van der Waals surface area contributed by atoms with Gasteiger partial charge in [0.05, 0.1) is 19.3 Å². The molecule has 94 valence electrons. The molecule has 2 atom stereocenters. The van der Waals surface area contributed by atoms with Gasteiger partial charge >= 0.3 is 0 Å². The first kappa shape index (κ1) is 12.3. The van der Waals surface area contributed by atoms with Crippen molar-refractivity contribution in [1.29, 1.82) is 0 Å². The Hall–Kier alpha value is -0.190. The van der Waals surface area contributed by atoms with E-state index in [4.69, 9.17) is 4.74 Å². The summed E-state index contributed by atoms with van der Waals surface area (Å²) in [5.74, 6) is 0. The number of likely N-dealkylation sites (tertiary alicyclic amines) is 1. The molecule has 2 heterocycles. The Balaban J connectivity index is 1.87. The van der Waals surface area contributed by atoms with E-state index in [9.17, 15) is 4.39 Å². The van der Waals surface area contributed by atoms with Gasteiger partial charge in [-0.3, -0.25) is 9.80 Å². The number of likely N-dealkylation sites (N-methyl/N-ethyl adjacent to an activating group) is 1. The summed E-state index contributed by atoms with van der Waals surface area (Å²) in [5, 5.41) is 0. The van der Waals surface area contributed by atoms with Gasteiger partial charge < -0.3 is 4.74 Å². The maximum Gasteiger partial charge on any atom is 0.128 e. The summed E-state index contributed by atoms with van der Waals surface area (Å²) in [6.45, 7) is 7.41. The molecule has 0 amide bonds. The van der Waals surface area contributed by atoms with Crippen LogP contribution in [0.25, 0.3) is 0 Å². The average molecular weight is 230 g/mol. The summed E-state index contributed by atoms with van der Waals surface area (Å²) in [7, 11) is 2.04. The minimum atomic E-state index is -0.721. The molecule has 2 fully saturated rings. The van der Waals surface area contributed by atoms with Crippen LogP contribution in [0.2, 0.25) is 0 Å². The van der Waals surface area contributed by atoms with E-state index in [1.807, 2.05) is 7.05 Å². The van der Waals surface area contributed by atoms with Crippen LogP contribution in [0.4, 0.5) is 4.39 Å². The molecule has 0 unspecified atom stereocenters. The summed E-state index contributed by atoms with van der Waals surface area (Å²) in [5.41, 5.74) is 0. The predicted molar refractivity (Wildman–Crippen MR) is 62.4 cm³/mol. The molecule has 0 aliphatic carbocycles. The summed E-state index contributed by atoms with van der Waals surface area (Å²) in [6, 6.07) is 0.981. The second-order valence-electron chi connectivity index (χ2n) is 5.32. The standard InChI is InChI=1S/C12H23FN2O/c1-9(2)15-5-4-12(11(13)6-15)14(3)10-7-16-8-10/h9-12H,4-8H2,1-3H3/t11-,12+/m0/s1. The predicted octanol–water partition coefficient (Wildman–Crippen LogP) is 1.14. The number of halogens is 1. The van der Waals surface area contributed by atoms with Crippen molar-refractivity contribution >= 4 is 0 Å². The molecule has 2 saturated heterocycles. The highest BCUT2D eigenvalue weighted by Gasteiger charge is 2.37. The zero-order chi connectivity index (χ0) is 11.7. The minimum absolute atomic E-state index is 0.0869. The highest BCUT2D eigenvalue weighted by atomic mass is 19.1. The summed E-state index contributed by atoms with van der Waals surface area (Å²) < 4.78 is 19.3. The second kappa shape index (κ2) is 4.98. The van der Waals surface area contributed by atoms with E-state index < -0.39 is 6.17 Å². The van der Waals surface area contributed by atoms with Crippen LogP contribution < -0.4 is 0 Å². The topological polar surface area (TPSA) is 15.7 Å². The quantitative estimate of drug-likeness (QED) is 0.723. The lowest BCUT2D eigenvalue weighted by atomic mass is 9.98. The third-order valence-electron chi connectivity index (χ3n) is 3.99. The van der Waals surface area contributed by atoms with Gasteiger partial charge in [-0.1, -0.05) is 0 Å². The van der Waals surface area contributed by atoms with E-state index in [0.29, 0.717) is 18.6 Å². The van der Waals surface area contributed by atoms with Gasteiger partial charge in [-0.25, -0.2) is 4.39 Å². The third kappa shape index (κ3) is 2.39. The molecule has 0 saturated carbocycles. The highest BCUT2D eigenvalue weighted by molar-refractivity contribution is 4.91. The van der Waals surface area contributed by atoms with Crippen LogP contribution in [0.15, 0.2) is 0 Å². The monoisotopic (exact) mass is 230 g/mol. The second-order valence-corrected chi connectivity index (χ2v) is 5.32. The maximum absolute atomic E-state index is 14.1. The van der Waals surface area contributed by atoms with Crippen LogP contribution in [0.3, 0.4) is 0 Å². The van der Waals surface area contributed by atoms with Crippen LogP contribution >= 0.6 is 0 Å². The zero-order valence-corrected chi connectivity index (χ0v) is 10.5. The van der Waals surface area contributed by atoms with Crippen molar-refractivity contribution in [2.24, 2.45) is 0 Å². The molecule has 0 N–H and O–H groups in total. The molecule has 2 aliphatic rings. The molecule has 3 nitrogen and oxygen atoms in total. The fraction of sp³-hybridized carbons (Fsp3) is 1.00. The Kier molecular flexibility index (Phi) is 3.82. The number of rotatable bonds is 3. The Morgan fingerprint density at radius 3 is 2.50 bits per heavy atom. The lowest BCUT2D eigenvalue weighted by molar-refractivity contribution is -0.0904. The normalized spacial score (nSPS) is 33.4. The van der Waals surface area contributed by atoms with Crippen LogP contribution in [0, 0.1) is 0 Å². The van der Waals surface area contributed by atoms with Gasteiger partial charge in [-0.2, -0.15) is 0 Å². The van der Waals surface area contributed by atoms with Crippen molar-refractivity contribution in [3.8, 4) is 0 Å². The summed E-state index contributed by atoms with van der Waals surface area (Å²) in [6.07, 6.45) is 0.216. The number of alkyl halides is 1. The fourth-order valence-electron chi connectivity index (χ4n) is 2.57. The first-order valence-corrected chi connectivity index (χ1v) is 6.27. The van der Waals surface area contributed by atoms with E-state index in [-0.39, 0.29) is 6.04 Å². The molecule has 0 aromatic rings. The zero-order valence-electron chi connectivity index (χ0n) is 10.5. The number of hydrogen-bond acceptors (Lipinski definition) is 3. The molecule has 0 aromatic heterocycles. The summed E-state index contributed by atoms with van der Waals surface area (Å²) >= 11 is 0. The SMILES string of the molecule is CC(C)N1CC[C@@H](N(C)C2COC2)[C@@H](F)C1. The average Bonchev–Trinajstić information content (AvgIpc) is 2.14. The van der Waals surface area contributed by atoms with E-state index in [1.54, 1.807) is 0 Å². The Morgan fingerprint density at radius 1 is 1.38 bits per heavy atom. The van der Waals surface area contributed by atoms with Crippen molar-refractivity contribution in [3.05, 3.63) is 0 Å². The van der Waals surface area contributed by atoms with Gasteiger partial charge in [0.1, 0.15) is 6.17 Å². The fourth-order valence-corrected chi connectivity index (χ4v) is 2.57. The molecular formula is C12H23FN2O. The maximum atomic E-state index is 14.1. The van der Waals surface area contributed by atoms with Gasteiger partial charge in [0.15, 0.2) is 0 Å². The van der Waals surface area contributed by atoms with Crippen LogP contribution in [-0.2, 0) is 4.74 Å². The Morgan fingerprint density at radius 2 is 2.06 bits per heavy atom. The van der Waals surface area contributed by atoms with Gasteiger partial charge in [0, 0.05) is 25.2 Å². The molecule has 0 spiro atoms.